The molecule has 172 valence electrons. The van der Waals surface area contributed by atoms with Crippen LogP contribution in [0.1, 0.15) is 0 Å². The Morgan fingerprint density at radius 2 is 1.14 bits per heavy atom. The van der Waals surface area contributed by atoms with Crippen molar-refractivity contribution in [1.29, 1.82) is 0 Å². The Hall–Kier alpha value is -4.95. The summed E-state index contributed by atoms with van der Waals surface area (Å²) < 4.78 is 2.36. The van der Waals surface area contributed by atoms with E-state index < -0.39 is 0 Å². The van der Waals surface area contributed by atoms with Crippen LogP contribution in [0.4, 0.5) is 0 Å². The smallest absolute Gasteiger partial charge is 0.138 e. The lowest BCUT2D eigenvalue weighted by Gasteiger charge is -2.14. The van der Waals surface area contributed by atoms with Crippen molar-refractivity contribution < 1.29 is 0 Å². The number of aromatic nitrogens is 2. The van der Waals surface area contributed by atoms with Crippen LogP contribution in [0.25, 0.3) is 71.2 Å². The molecule has 0 amide bonds. The van der Waals surface area contributed by atoms with E-state index >= 15 is 0 Å². The first-order chi connectivity index (χ1) is 18.4. The van der Waals surface area contributed by atoms with E-state index in [1.54, 1.807) is 0 Å². The molecule has 37 heavy (non-hydrogen) atoms. The molecule has 0 aliphatic rings. The third-order valence-electron chi connectivity index (χ3n) is 7.56. The van der Waals surface area contributed by atoms with Crippen molar-refractivity contribution in [3.05, 3.63) is 133 Å². The maximum absolute atomic E-state index is 5.19. The molecule has 2 heteroatoms. The average molecular weight is 471 g/mol. The van der Waals surface area contributed by atoms with Crippen molar-refractivity contribution in [3.8, 4) is 17.1 Å². The third-order valence-corrected chi connectivity index (χ3v) is 7.56. The number of fused-ring (bicyclic) bond motifs is 10. The summed E-state index contributed by atoms with van der Waals surface area (Å²) in [6, 6.07) is 47.6. The van der Waals surface area contributed by atoms with E-state index in [0.29, 0.717) is 0 Å². The Balaban J connectivity index is 1.60. The summed E-state index contributed by atoms with van der Waals surface area (Å²) in [5, 5.41) is 10.2. The number of hydrogen-bond acceptors (Lipinski definition) is 1. The molecular formula is C35H22N2. The topological polar surface area (TPSA) is 17.8 Å². The standard InChI is InChI=1S/C35H22N2/c1-2-12-24(13-3-1)30-18-10-20-32(36-30)37-31-19-9-8-17-28(31)34-29-22-21-23-11-4-5-14-25(23)33(29)26-15-6-7-16-27(26)35(34)37/h1-22H. The second kappa shape index (κ2) is 7.78. The molecule has 2 heterocycles. The van der Waals surface area contributed by atoms with Gasteiger partial charge in [0.2, 0.25) is 0 Å². The molecule has 0 N–H and O–H groups in total. The van der Waals surface area contributed by atoms with E-state index in [1.807, 2.05) is 6.07 Å². The number of pyridine rings is 1. The molecule has 8 rings (SSSR count). The van der Waals surface area contributed by atoms with Gasteiger partial charge >= 0.3 is 0 Å². The third kappa shape index (κ3) is 2.90. The lowest BCUT2D eigenvalue weighted by atomic mass is 9.93. The molecular weight excluding hydrogens is 448 g/mol. The zero-order valence-corrected chi connectivity index (χ0v) is 20.1. The van der Waals surface area contributed by atoms with Crippen LogP contribution in [0.2, 0.25) is 0 Å². The highest BCUT2D eigenvalue weighted by atomic mass is 15.1. The second-order valence-corrected chi connectivity index (χ2v) is 9.58. The summed E-state index contributed by atoms with van der Waals surface area (Å²) in [7, 11) is 0. The fraction of sp³-hybridized carbons (Fsp3) is 0. The normalized spacial score (nSPS) is 11.8. The highest BCUT2D eigenvalue weighted by Crippen LogP contribution is 2.44. The lowest BCUT2D eigenvalue weighted by Crippen LogP contribution is -1.99. The van der Waals surface area contributed by atoms with E-state index in [0.717, 1.165) is 17.1 Å². The first kappa shape index (κ1) is 20.3. The number of hydrogen-bond donors (Lipinski definition) is 0. The minimum atomic E-state index is 0.929. The van der Waals surface area contributed by atoms with Gasteiger partial charge < -0.3 is 0 Å². The van der Waals surface area contributed by atoms with Crippen LogP contribution in [0.5, 0.6) is 0 Å². The molecule has 0 aliphatic carbocycles. The molecule has 2 nitrogen and oxygen atoms in total. The van der Waals surface area contributed by atoms with E-state index in [2.05, 4.69) is 132 Å². The van der Waals surface area contributed by atoms with Crippen LogP contribution in [0, 0.1) is 0 Å². The van der Waals surface area contributed by atoms with Crippen molar-refractivity contribution in [3.63, 3.8) is 0 Å². The zero-order chi connectivity index (χ0) is 24.3. The molecule has 0 bridgehead atoms. The molecule has 0 saturated heterocycles. The first-order valence-electron chi connectivity index (χ1n) is 12.7. The summed E-state index contributed by atoms with van der Waals surface area (Å²) in [6.07, 6.45) is 0. The van der Waals surface area contributed by atoms with Gasteiger partial charge in [0.05, 0.1) is 16.7 Å². The summed E-state index contributed by atoms with van der Waals surface area (Å²) >= 11 is 0. The van der Waals surface area contributed by atoms with Crippen molar-refractivity contribution in [2.24, 2.45) is 0 Å². The first-order valence-corrected chi connectivity index (χ1v) is 12.7. The number of benzene rings is 6. The Morgan fingerprint density at radius 3 is 2.00 bits per heavy atom. The molecule has 0 saturated carbocycles. The minimum Gasteiger partial charge on any atom is -0.293 e. The van der Waals surface area contributed by atoms with Gasteiger partial charge in [-0.2, -0.15) is 0 Å². The van der Waals surface area contributed by atoms with Crippen molar-refractivity contribution in [2.75, 3.05) is 0 Å². The predicted octanol–water partition coefficient (Wildman–Crippen LogP) is 9.31. The fourth-order valence-corrected chi connectivity index (χ4v) is 6.00. The molecule has 0 fully saturated rings. The van der Waals surface area contributed by atoms with Crippen LogP contribution in [0.15, 0.2) is 133 Å². The Kier molecular flexibility index (Phi) is 4.26. The van der Waals surface area contributed by atoms with Gasteiger partial charge in [-0.3, -0.25) is 4.57 Å². The van der Waals surface area contributed by atoms with Crippen LogP contribution < -0.4 is 0 Å². The second-order valence-electron chi connectivity index (χ2n) is 9.58. The Labute approximate surface area is 214 Å². The van der Waals surface area contributed by atoms with Crippen LogP contribution >= 0.6 is 0 Å². The minimum absolute atomic E-state index is 0.929. The molecule has 0 atom stereocenters. The van der Waals surface area contributed by atoms with Crippen molar-refractivity contribution in [2.45, 2.75) is 0 Å². The lowest BCUT2D eigenvalue weighted by molar-refractivity contribution is 1.09. The van der Waals surface area contributed by atoms with Gasteiger partial charge in [-0.25, -0.2) is 4.98 Å². The summed E-state index contributed by atoms with van der Waals surface area (Å²) in [5.41, 5.74) is 4.46. The number of nitrogens with zero attached hydrogens (tertiary/aromatic N) is 2. The van der Waals surface area contributed by atoms with Crippen molar-refractivity contribution in [1.82, 2.24) is 9.55 Å². The fourth-order valence-electron chi connectivity index (χ4n) is 6.00. The highest BCUT2D eigenvalue weighted by Gasteiger charge is 2.20. The molecule has 0 radical (unpaired) electrons. The molecule has 2 aromatic heterocycles. The highest BCUT2D eigenvalue weighted by molar-refractivity contribution is 6.36. The SMILES string of the molecule is c1ccc(-c2cccc(-n3c4ccccc4c4c5ccc6ccccc6c5c5ccccc5c43)n2)cc1. The number of rotatable bonds is 2. The van der Waals surface area contributed by atoms with Crippen LogP contribution in [-0.2, 0) is 0 Å². The Bertz CT molecular complexity index is 2140. The maximum Gasteiger partial charge on any atom is 0.138 e. The van der Waals surface area contributed by atoms with Gasteiger partial charge in [0.15, 0.2) is 0 Å². The molecule has 6 aromatic carbocycles. The van der Waals surface area contributed by atoms with Gasteiger partial charge in [-0.15, -0.1) is 0 Å². The largest absolute Gasteiger partial charge is 0.293 e. The van der Waals surface area contributed by atoms with Crippen LogP contribution in [-0.4, -0.2) is 9.55 Å². The average Bonchev–Trinajstić information content (AvgIpc) is 3.33. The van der Waals surface area contributed by atoms with E-state index in [4.69, 9.17) is 4.98 Å². The van der Waals surface area contributed by atoms with E-state index in [9.17, 15) is 0 Å². The summed E-state index contributed by atoms with van der Waals surface area (Å²) in [6.45, 7) is 0. The van der Waals surface area contributed by atoms with Gasteiger partial charge in [0.25, 0.3) is 0 Å². The van der Waals surface area contributed by atoms with Crippen LogP contribution in [0.3, 0.4) is 0 Å². The molecule has 8 aromatic rings. The Morgan fingerprint density at radius 1 is 0.432 bits per heavy atom. The zero-order valence-electron chi connectivity index (χ0n) is 20.1. The predicted molar refractivity (Wildman–Crippen MR) is 157 cm³/mol. The van der Waals surface area contributed by atoms with Gasteiger partial charge in [0.1, 0.15) is 5.82 Å². The molecule has 0 spiro atoms. The summed E-state index contributed by atoms with van der Waals surface area (Å²) in [5.74, 6) is 0.929. The molecule has 0 aliphatic heterocycles. The quantitative estimate of drug-likeness (QED) is 0.230. The van der Waals surface area contributed by atoms with E-state index in [1.165, 1.54) is 54.1 Å². The molecule has 0 unspecified atom stereocenters. The van der Waals surface area contributed by atoms with Gasteiger partial charge in [-0.05, 0) is 45.1 Å². The monoisotopic (exact) mass is 470 g/mol. The number of para-hydroxylation sites is 1. The van der Waals surface area contributed by atoms with Gasteiger partial charge in [-0.1, -0.05) is 115 Å². The van der Waals surface area contributed by atoms with Crippen molar-refractivity contribution >= 4 is 54.1 Å². The van der Waals surface area contributed by atoms with E-state index in [-0.39, 0.29) is 0 Å². The maximum atomic E-state index is 5.19. The summed E-state index contributed by atoms with van der Waals surface area (Å²) in [4.78, 5) is 5.19. The van der Waals surface area contributed by atoms with Gasteiger partial charge in [0, 0.05) is 21.7 Å².